The summed E-state index contributed by atoms with van der Waals surface area (Å²) >= 11 is 0. The predicted molar refractivity (Wildman–Crippen MR) is 83.6 cm³/mol. The van der Waals surface area contributed by atoms with Gasteiger partial charge in [0.25, 0.3) is 0 Å². The molecule has 0 bridgehead atoms. The maximum Gasteiger partial charge on any atom is 0.387 e. The average molecular weight is 330 g/mol. The Morgan fingerprint density at radius 2 is 2.09 bits per heavy atom. The third-order valence-corrected chi connectivity index (χ3v) is 3.29. The summed E-state index contributed by atoms with van der Waals surface area (Å²) in [6.07, 6.45) is 1.29. The number of nitrogens with one attached hydrogen (secondary N) is 1. The molecule has 23 heavy (non-hydrogen) atoms. The summed E-state index contributed by atoms with van der Waals surface area (Å²) in [5.74, 6) is -0.202. The monoisotopic (exact) mass is 330 g/mol. The van der Waals surface area contributed by atoms with E-state index in [0.717, 1.165) is 6.42 Å². The van der Waals surface area contributed by atoms with Crippen LogP contribution in [-0.4, -0.2) is 24.7 Å². The number of para-hydroxylation sites is 1. The second kappa shape index (κ2) is 8.67. The number of halogens is 2. The van der Waals surface area contributed by atoms with Crippen molar-refractivity contribution in [1.29, 1.82) is 0 Å². The van der Waals surface area contributed by atoms with Gasteiger partial charge in [-0.2, -0.15) is 8.78 Å². The number of ether oxygens (including phenoxy) is 2. The number of carbonyl (C=O) groups is 1. The molecule has 0 aliphatic rings. The Morgan fingerprint density at radius 1 is 1.39 bits per heavy atom. The molecule has 5 nitrogen and oxygen atoms in total. The topological polar surface area (TPSA) is 73.6 Å². The van der Waals surface area contributed by atoms with Crippen LogP contribution in [0.3, 0.4) is 0 Å². The van der Waals surface area contributed by atoms with Crippen LogP contribution in [0.5, 0.6) is 11.5 Å². The van der Waals surface area contributed by atoms with Crippen molar-refractivity contribution in [2.24, 2.45) is 5.73 Å². The summed E-state index contributed by atoms with van der Waals surface area (Å²) in [5.41, 5.74) is 5.34. The van der Waals surface area contributed by atoms with Crippen molar-refractivity contribution in [3.63, 3.8) is 0 Å². The Hall–Kier alpha value is -1.89. The van der Waals surface area contributed by atoms with Gasteiger partial charge in [-0.15, -0.1) is 0 Å². The number of amides is 1. The van der Waals surface area contributed by atoms with Crippen molar-refractivity contribution in [2.45, 2.75) is 52.3 Å². The lowest BCUT2D eigenvalue weighted by atomic mass is 9.96. The number of hydrogen-bond donors (Lipinski definition) is 2. The first-order valence-electron chi connectivity index (χ1n) is 7.58. The quantitative estimate of drug-likeness (QED) is 0.730. The van der Waals surface area contributed by atoms with E-state index in [1.165, 1.54) is 6.07 Å². The highest BCUT2D eigenvalue weighted by atomic mass is 19.3. The van der Waals surface area contributed by atoms with Gasteiger partial charge in [0, 0.05) is 12.1 Å². The van der Waals surface area contributed by atoms with Crippen molar-refractivity contribution < 1.29 is 23.0 Å². The summed E-state index contributed by atoms with van der Waals surface area (Å²) in [4.78, 5) is 12.1. The molecule has 0 saturated heterocycles. The van der Waals surface area contributed by atoms with Crippen LogP contribution >= 0.6 is 0 Å². The molecule has 0 radical (unpaired) electrons. The number of hydrogen-bond acceptors (Lipinski definition) is 4. The van der Waals surface area contributed by atoms with Crippen LogP contribution in [0.25, 0.3) is 0 Å². The molecule has 0 spiro atoms. The number of benzene rings is 1. The third-order valence-electron chi connectivity index (χ3n) is 3.29. The fourth-order valence-electron chi connectivity index (χ4n) is 2.20. The van der Waals surface area contributed by atoms with Crippen LogP contribution in [0.4, 0.5) is 8.78 Å². The molecule has 1 unspecified atom stereocenters. The molecule has 0 aromatic heterocycles. The molecule has 1 aromatic carbocycles. The Kier molecular flexibility index (Phi) is 7.22. The average Bonchev–Trinajstić information content (AvgIpc) is 2.47. The highest BCUT2D eigenvalue weighted by Crippen LogP contribution is 2.32. The third kappa shape index (κ3) is 5.67. The predicted octanol–water partition coefficient (Wildman–Crippen LogP) is 2.82. The van der Waals surface area contributed by atoms with Crippen LogP contribution < -0.4 is 20.5 Å². The molecule has 1 atom stereocenters. The van der Waals surface area contributed by atoms with Gasteiger partial charge in [-0.1, -0.05) is 25.5 Å². The van der Waals surface area contributed by atoms with Gasteiger partial charge in [-0.25, -0.2) is 0 Å². The van der Waals surface area contributed by atoms with Gasteiger partial charge in [0.15, 0.2) is 11.5 Å². The Balaban J connectivity index is 2.91. The lowest BCUT2D eigenvalue weighted by molar-refractivity contribution is -0.126. The zero-order valence-corrected chi connectivity index (χ0v) is 13.7. The minimum atomic E-state index is -2.98. The Bertz CT molecular complexity index is 522. The first-order chi connectivity index (χ1) is 10.8. The number of carbonyl (C=O) groups excluding carboxylic acids is 1. The van der Waals surface area contributed by atoms with Gasteiger partial charge in [-0.3, -0.25) is 4.79 Å². The van der Waals surface area contributed by atoms with E-state index in [2.05, 4.69) is 10.1 Å². The Labute approximate surface area is 135 Å². The van der Waals surface area contributed by atoms with E-state index in [4.69, 9.17) is 10.5 Å². The zero-order valence-electron chi connectivity index (χ0n) is 13.7. The lowest BCUT2D eigenvalue weighted by Crippen LogP contribution is -2.51. The van der Waals surface area contributed by atoms with Gasteiger partial charge in [0.05, 0.1) is 12.1 Å². The molecule has 1 rings (SSSR count). The van der Waals surface area contributed by atoms with Crippen LogP contribution in [-0.2, 0) is 11.3 Å². The number of rotatable bonds is 9. The minimum absolute atomic E-state index is 0.0261. The van der Waals surface area contributed by atoms with Gasteiger partial charge < -0.3 is 20.5 Å². The molecule has 0 aliphatic heterocycles. The molecule has 0 saturated carbocycles. The van der Waals surface area contributed by atoms with E-state index in [1.54, 1.807) is 26.0 Å². The van der Waals surface area contributed by atoms with Crippen LogP contribution in [0, 0.1) is 0 Å². The van der Waals surface area contributed by atoms with Crippen molar-refractivity contribution >= 4 is 5.91 Å². The largest absolute Gasteiger partial charge is 0.490 e. The molecule has 7 heteroatoms. The first kappa shape index (κ1) is 19.2. The smallest absolute Gasteiger partial charge is 0.387 e. The SMILES string of the molecule is CCCC(C)(N)C(=O)NCc1cccc(OCC)c1OC(F)F. The van der Waals surface area contributed by atoms with E-state index < -0.39 is 12.2 Å². The molecule has 1 amide bonds. The zero-order chi connectivity index (χ0) is 17.5. The molecule has 1 aromatic rings. The van der Waals surface area contributed by atoms with Crippen molar-refractivity contribution in [1.82, 2.24) is 5.32 Å². The van der Waals surface area contributed by atoms with Crippen LogP contribution in [0.15, 0.2) is 18.2 Å². The maximum atomic E-state index is 12.6. The summed E-state index contributed by atoms with van der Waals surface area (Å²) < 4.78 is 35.1. The maximum absolute atomic E-state index is 12.6. The fraction of sp³-hybridized carbons (Fsp3) is 0.562. The molecule has 130 valence electrons. The summed E-state index contributed by atoms with van der Waals surface area (Å²) in [6, 6.07) is 4.78. The van der Waals surface area contributed by atoms with Gasteiger partial charge in [0.1, 0.15) is 0 Å². The van der Waals surface area contributed by atoms with Crippen molar-refractivity contribution in [3.8, 4) is 11.5 Å². The molecule has 0 aliphatic carbocycles. The highest BCUT2D eigenvalue weighted by molar-refractivity contribution is 5.85. The highest BCUT2D eigenvalue weighted by Gasteiger charge is 2.27. The first-order valence-corrected chi connectivity index (χ1v) is 7.58. The van der Waals surface area contributed by atoms with E-state index in [9.17, 15) is 13.6 Å². The summed E-state index contributed by atoms with van der Waals surface area (Å²) in [7, 11) is 0. The molecule has 3 N–H and O–H groups in total. The molecular formula is C16H24F2N2O3. The van der Waals surface area contributed by atoms with E-state index in [1.807, 2.05) is 6.92 Å². The summed E-state index contributed by atoms with van der Waals surface area (Å²) in [5, 5.41) is 2.66. The Morgan fingerprint density at radius 3 is 2.65 bits per heavy atom. The summed E-state index contributed by atoms with van der Waals surface area (Å²) in [6.45, 7) is 2.67. The van der Waals surface area contributed by atoms with Crippen LogP contribution in [0.2, 0.25) is 0 Å². The van der Waals surface area contributed by atoms with Crippen LogP contribution in [0.1, 0.15) is 39.2 Å². The van der Waals surface area contributed by atoms with Crippen molar-refractivity contribution in [2.75, 3.05) is 6.61 Å². The van der Waals surface area contributed by atoms with E-state index in [-0.39, 0.29) is 24.0 Å². The second-order valence-electron chi connectivity index (χ2n) is 5.41. The standard InChI is InChI=1S/C16H24F2N2O3/c1-4-9-16(3,19)14(21)20-10-11-7-6-8-12(22-5-2)13(11)23-15(17)18/h6-8,15H,4-5,9-10,19H2,1-3H3,(H,20,21). The fourth-order valence-corrected chi connectivity index (χ4v) is 2.20. The number of nitrogens with two attached hydrogens (primary N) is 1. The van der Waals surface area contributed by atoms with E-state index >= 15 is 0 Å². The number of alkyl halides is 2. The minimum Gasteiger partial charge on any atom is -0.490 e. The lowest BCUT2D eigenvalue weighted by Gasteiger charge is -2.23. The molecule has 0 heterocycles. The van der Waals surface area contributed by atoms with Gasteiger partial charge in [0.2, 0.25) is 5.91 Å². The van der Waals surface area contributed by atoms with Gasteiger partial charge >= 0.3 is 6.61 Å². The van der Waals surface area contributed by atoms with E-state index in [0.29, 0.717) is 18.6 Å². The molecule has 0 fully saturated rings. The second-order valence-corrected chi connectivity index (χ2v) is 5.41. The normalized spacial score (nSPS) is 13.5. The van der Waals surface area contributed by atoms with Gasteiger partial charge in [-0.05, 0) is 26.3 Å². The van der Waals surface area contributed by atoms with Crippen molar-refractivity contribution in [3.05, 3.63) is 23.8 Å². The molecular weight excluding hydrogens is 306 g/mol.